The Morgan fingerprint density at radius 3 is 2.18 bits per heavy atom. The van der Waals surface area contributed by atoms with Gasteiger partial charge in [0.05, 0.1) is 5.56 Å². The minimum atomic E-state index is -1.03. The van der Waals surface area contributed by atoms with E-state index in [0.29, 0.717) is 5.95 Å². The predicted molar refractivity (Wildman–Crippen MR) is 105 cm³/mol. The molecule has 1 aromatic heterocycles. The van der Waals surface area contributed by atoms with E-state index < -0.39 is 17.5 Å². The van der Waals surface area contributed by atoms with E-state index in [9.17, 15) is 13.6 Å². The molecule has 2 aromatic carbocycles. The second kappa shape index (κ2) is 8.56. The van der Waals surface area contributed by atoms with Crippen molar-refractivity contribution in [2.75, 3.05) is 10.6 Å². The van der Waals surface area contributed by atoms with Gasteiger partial charge in [-0.3, -0.25) is 4.79 Å². The van der Waals surface area contributed by atoms with Crippen molar-refractivity contribution in [2.45, 2.75) is 26.7 Å². The number of carbonyl (C=O) groups is 1. The molecule has 0 aliphatic rings. The third kappa shape index (κ3) is 4.31. The number of anilines is 3. The number of nitrogens with zero attached hydrogens (tertiary/aromatic N) is 2. The molecule has 3 rings (SSSR count). The van der Waals surface area contributed by atoms with Crippen molar-refractivity contribution >= 4 is 23.2 Å². The van der Waals surface area contributed by atoms with Crippen molar-refractivity contribution in [1.82, 2.24) is 9.97 Å². The molecule has 1 heterocycles. The first-order chi connectivity index (χ1) is 13.5. The predicted octanol–water partition coefficient (Wildman–Crippen LogP) is 4.88. The Labute approximate surface area is 161 Å². The zero-order chi connectivity index (χ0) is 20.1. The lowest BCUT2D eigenvalue weighted by molar-refractivity contribution is 0.102. The number of amides is 1. The maximum atomic E-state index is 13.3. The Bertz CT molecular complexity index is 968. The molecule has 0 saturated heterocycles. The molecule has 0 radical (unpaired) electrons. The monoisotopic (exact) mass is 382 g/mol. The van der Waals surface area contributed by atoms with Gasteiger partial charge in [0.2, 0.25) is 5.95 Å². The van der Waals surface area contributed by atoms with Crippen LogP contribution >= 0.6 is 0 Å². The summed E-state index contributed by atoms with van der Waals surface area (Å²) in [6.45, 7) is 4.15. The van der Waals surface area contributed by atoms with Crippen LogP contribution in [-0.2, 0) is 12.8 Å². The summed E-state index contributed by atoms with van der Waals surface area (Å²) >= 11 is 0. The smallest absolute Gasteiger partial charge is 0.258 e. The quantitative estimate of drug-likeness (QED) is 0.638. The lowest BCUT2D eigenvalue weighted by Gasteiger charge is -2.14. The van der Waals surface area contributed by atoms with Gasteiger partial charge in [0, 0.05) is 29.8 Å². The number of aryl methyl sites for hydroxylation is 2. The standard InChI is InChI=1S/C21H20F2N4O/c1-3-13-6-5-7-14(4-2)19(13)27-21-24-11-15(12-25-21)20(28)26-16-8-9-17(22)18(23)10-16/h5-12H,3-4H2,1-2H3,(H,26,28)(H,24,25,27). The van der Waals surface area contributed by atoms with E-state index >= 15 is 0 Å². The van der Waals surface area contributed by atoms with Gasteiger partial charge in [-0.2, -0.15) is 0 Å². The number of carbonyl (C=O) groups excluding carboxylic acids is 1. The fraction of sp³-hybridized carbons (Fsp3) is 0.190. The van der Waals surface area contributed by atoms with Crippen molar-refractivity contribution in [1.29, 1.82) is 0 Å². The molecule has 0 aliphatic carbocycles. The lowest BCUT2D eigenvalue weighted by atomic mass is 10.0. The number of hydrogen-bond donors (Lipinski definition) is 2. The maximum Gasteiger partial charge on any atom is 0.258 e. The van der Waals surface area contributed by atoms with Crippen molar-refractivity contribution in [3.63, 3.8) is 0 Å². The molecule has 144 valence electrons. The highest BCUT2D eigenvalue weighted by molar-refractivity contribution is 6.03. The van der Waals surface area contributed by atoms with Crippen LogP contribution in [0, 0.1) is 11.6 Å². The normalized spacial score (nSPS) is 10.6. The van der Waals surface area contributed by atoms with Gasteiger partial charge in [-0.25, -0.2) is 18.7 Å². The first-order valence-electron chi connectivity index (χ1n) is 8.98. The van der Waals surface area contributed by atoms with E-state index in [1.165, 1.54) is 18.5 Å². The van der Waals surface area contributed by atoms with Crippen molar-refractivity contribution < 1.29 is 13.6 Å². The van der Waals surface area contributed by atoms with Gasteiger partial charge >= 0.3 is 0 Å². The first kappa shape index (κ1) is 19.4. The number of benzene rings is 2. The summed E-state index contributed by atoms with van der Waals surface area (Å²) < 4.78 is 26.2. The number of hydrogen-bond acceptors (Lipinski definition) is 4. The highest BCUT2D eigenvalue weighted by atomic mass is 19.2. The largest absolute Gasteiger partial charge is 0.324 e. The number of halogens is 2. The second-order valence-corrected chi connectivity index (χ2v) is 6.16. The highest BCUT2D eigenvalue weighted by Crippen LogP contribution is 2.25. The van der Waals surface area contributed by atoms with Crippen molar-refractivity contribution in [3.8, 4) is 0 Å². The molecular formula is C21H20F2N4O. The van der Waals surface area contributed by atoms with E-state index in [-0.39, 0.29) is 11.3 Å². The molecule has 28 heavy (non-hydrogen) atoms. The maximum absolute atomic E-state index is 13.3. The van der Waals surface area contributed by atoms with Crippen molar-refractivity contribution in [2.24, 2.45) is 0 Å². The molecular weight excluding hydrogens is 362 g/mol. The van der Waals surface area contributed by atoms with Crippen LogP contribution in [0.15, 0.2) is 48.8 Å². The molecule has 7 heteroatoms. The molecule has 0 spiro atoms. The summed E-state index contributed by atoms with van der Waals surface area (Å²) in [7, 11) is 0. The molecule has 0 aliphatic heterocycles. The Kier molecular flexibility index (Phi) is 5.93. The number of nitrogens with one attached hydrogen (secondary N) is 2. The van der Waals surface area contributed by atoms with Gasteiger partial charge in [-0.1, -0.05) is 32.0 Å². The Morgan fingerprint density at radius 1 is 0.964 bits per heavy atom. The van der Waals surface area contributed by atoms with Crippen LogP contribution in [-0.4, -0.2) is 15.9 Å². The fourth-order valence-electron chi connectivity index (χ4n) is 2.80. The molecule has 0 fully saturated rings. The highest BCUT2D eigenvalue weighted by Gasteiger charge is 2.11. The number of rotatable bonds is 6. The van der Waals surface area contributed by atoms with Crippen LogP contribution in [0.2, 0.25) is 0 Å². The summed E-state index contributed by atoms with van der Waals surface area (Å²) in [5, 5.41) is 5.71. The van der Waals surface area contributed by atoms with Gasteiger partial charge in [0.25, 0.3) is 5.91 Å². The Balaban J connectivity index is 1.75. The van der Waals surface area contributed by atoms with Crippen LogP contribution in [0.5, 0.6) is 0 Å². The molecule has 0 unspecified atom stereocenters. The molecule has 0 saturated carbocycles. The van der Waals surface area contributed by atoms with Crippen LogP contribution in [0.25, 0.3) is 0 Å². The van der Waals surface area contributed by atoms with E-state index in [4.69, 9.17) is 0 Å². The summed E-state index contributed by atoms with van der Waals surface area (Å²) in [5.41, 5.74) is 3.64. The van der Waals surface area contributed by atoms with E-state index in [1.807, 2.05) is 18.2 Å². The molecule has 5 nitrogen and oxygen atoms in total. The fourth-order valence-corrected chi connectivity index (χ4v) is 2.80. The van der Waals surface area contributed by atoms with E-state index in [2.05, 4.69) is 34.4 Å². The molecule has 2 N–H and O–H groups in total. The second-order valence-electron chi connectivity index (χ2n) is 6.16. The molecule has 3 aromatic rings. The van der Waals surface area contributed by atoms with Gasteiger partial charge in [0.15, 0.2) is 11.6 Å². The van der Waals surface area contributed by atoms with Gasteiger partial charge in [-0.05, 0) is 36.1 Å². The lowest BCUT2D eigenvalue weighted by Crippen LogP contribution is -2.13. The van der Waals surface area contributed by atoms with Crippen LogP contribution in [0.3, 0.4) is 0 Å². The third-order valence-corrected chi connectivity index (χ3v) is 4.33. The number of aromatic nitrogens is 2. The van der Waals surface area contributed by atoms with Crippen LogP contribution < -0.4 is 10.6 Å². The summed E-state index contributed by atoms with van der Waals surface area (Å²) in [5.74, 6) is -2.15. The zero-order valence-corrected chi connectivity index (χ0v) is 15.6. The van der Waals surface area contributed by atoms with Gasteiger partial charge < -0.3 is 10.6 Å². The summed E-state index contributed by atoms with van der Waals surface area (Å²) in [6, 6.07) is 9.26. The Morgan fingerprint density at radius 2 is 1.61 bits per heavy atom. The Hall–Kier alpha value is -3.35. The summed E-state index contributed by atoms with van der Waals surface area (Å²) in [4.78, 5) is 20.7. The average Bonchev–Trinajstić information content (AvgIpc) is 2.71. The average molecular weight is 382 g/mol. The zero-order valence-electron chi connectivity index (χ0n) is 15.6. The summed E-state index contributed by atoms with van der Waals surface area (Å²) in [6.07, 6.45) is 4.49. The van der Waals surface area contributed by atoms with Crippen LogP contribution in [0.4, 0.5) is 26.1 Å². The molecule has 0 atom stereocenters. The van der Waals surface area contributed by atoms with E-state index in [1.54, 1.807) is 0 Å². The molecule has 0 bridgehead atoms. The minimum Gasteiger partial charge on any atom is -0.324 e. The minimum absolute atomic E-state index is 0.149. The SMILES string of the molecule is CCc1cccc(CC)c1Nc1ncc(C(=O)Nc2ccc(F)c(F)c2)cn1. The van der Waals surface area contributed by atoms with Gasteiger partial charge in [-0.15, -0.1) is 0 Å². The van der Waals surface area contributed by atoms with E-state index in [0.717, 1.165) is 41.8 Å². The molecule has 1 amide bonds. The van der Waals surface area contributed by atoms with Crippen molar-refractivity contribution in [3.05, 3.63) is 77.1 Å². The topological polar surface area (TPSA) is 66.9 Å². The number of para-hydroxylation sites is 1. The van der Waals surface area contributed by atoms with Gasteiger partial charge in [0.1, 0.15) is 0 Å². The van der Waals surface area contributed by atoms with Crippen LogP contribution in [0.1, 0.15) is 35.3 Å². The first-order valence-corrected chi connectivity index (χ1v) is 8.98. The third-order valence-electron chi connectivity index (χ3n) is 4.33.